The van der Waals surface area contributed by atoms with Gasteiger partial charge < -0.3 is 14.5 Å². The van der Waals surface area contributed by atoms with Crippen molar-refractivity contribution in [2.75, 3.05) is 25.6 Å². The molecule has 0 fully saturated rings. The highest BCUT2D eigenvalue weighted by atomic mass is 79.9. The Morgan fingerprint density at radius 2 is 1.64 bits per heavy atom. The van der Waals surface area contributed by atoms with E-state index in [1.54, 1.807) is 24.3 Å². The molecule has 0 unspecified atom stereocenters. The SMILES string of the molecule is CC(C)CO[P@@](=O)(c1ccc(N(C)C)cc1)[C@H](O)c1ccc(Br)cc1. The molecule has 0 bridgehead atoms. The van der Waals surface area contributed by atoms with Gasteiger partial charge in [0.05, 0.1) is 6.61 Å². The van der Waals surface area contributed by atoms with Gasteiger partial charge in [0.25, 0.3) is 7.37 Å². The summed E-state index contributed by atoms with van der Waals surface area (Å²) in [5.74, 6) is -0.990. The van der Waals surface area contributed by atoms with E-state index in [9.17, 15) is 9.67 Å². The minimum absolute atomic E-state index is 0.214. The van der Waals surface area contributed by atoms with E-state index in [1.807, 2.05) is 57.1 Å². The quantitative estimate of drug-likeness (QED) is 0.648. The number of nitrogens with zero attached hydrogens (tertiary/aromatic N) is 1. The van der Waals surface area contributed by atoms with E-state index in [0.29, 0.717) is 17.5 Å². The molecule has 0 aliphatic rings. The molecular weight excluding hydrogens is 401 g/mol. The van der Waals surface area contributed by atoms with Crippen LogP contribution in [0.25, 0.3) is 0 Å². The predicted molar refractivity (Wildman–Crippen MR) is 108 cm³/mol. The fourth-order valence-electron chi connectivity index (χ4n) is 2.34. The third kappa shape index (κ3) is 4.95. The van der Waals surface area contributed by atoms with E-state index in [4.69, 9.17) is 4.52 Å². The molecule has 136 valence electrons. The summed E-state index contributed by atoms with van der Waals surface area (Å²) in [6.07, 6.45) is 0. The second kappa shape index (κ2) is 8.50. The molecule has 0 radical (unpaired) electrons. The standard InChI is InChI=1S/C19H25BrNO3P/c1-14(2)13-24-25(23,18-11-9-17(10-12-18)21(3)4)19(22)15-5-7-16(20)8-6-15/h5-12,14,19,22H,13H2,1-4H3/t19-,25-/m0/s1. The van der Waals surface area contributed by atoms with Crippen LogP contribution in [-0.4, -0.2) is 25.8 Å². The fraction of sp³-hybridized carbons (Fsp3) is 0.368. The Hall–Kier alpha value is -1.13. The lowest BCUT2D eigenvalue weighted by atomic mass is 10.2. The Labute approximate surface area is 158 Å². The number of aliphatic hydroxyl groups excluding tert-OH is 1. The maximum absolute atomic E-state index is 13.7. The lowest BCUT2D eigenvalue weighted by molar-refractivity contribution is 0.203. The van der Waals surface area contributed by atoms with Crippen LogP contribution in [0.15, 0.2) is 53.0 Å². The molecule has 4 nitrogen and oxygen atoms in total. The van der Waals surface area contributed by atoms with Crippen LogP contribution in [0.5, 0.6) is 0 Å². The van der Waals surface area contributed by atoms with Crippen LogP contribution in [0.4, 0.5) is 5.69 Å². The van der Waals surface area contributed by atoms with Crippen molar-refractivity contribution in [2.45, 2.75) is 19.7 Å². The van der Waals surface area contributed by atoms with Gasteiger partial charge in [0.15, 0.2) is 5.85 Å². The van der Waals surface area contributed by atoms with Gasteiger partial charge in [-0.15, -0.1) is 0 Å². The zero-order valence-electron chi connectivity index (χ0n) is 15.0. The van der Waals surface area contributed by atoms with Crippen molar-refractivity contribution in [2.24, 2.45) is 5.92 Å². The maximum Gasteiger partial charge on any atom is 0.264 e. The van der Waals surface area contributed by atoms with Gasteiger partial charge >= 0.3 is 0 Å². The summed E-state index contributed by atoms with van der Waals surface area (Å²) >= 11 is 3.37. The maximum atomic E-state index is 13.7. The number of rotatable bonds is 7. The van der Waals surface area contributed by atoms with Gasteiger partial charge in [-0.25, -0.2) is 0 Å². The van der Waals surface area contributed by atoms with Gasteiger partial charge in [0, 0.05) is 29.6 Å². The number of hydrogen-bond donors (Lipinski definition) is 1. The average molecular weight is 426 g/mol. The largest absolute Gasteiger partial charge is 0.378 e. The summed E-state index contributed by atoms with van der Waals surface area (Å²) in [5.41, 5.74) is 1.57. The molecule has 2 rings (SSSR count). The Morgan fingerprint density at radius 1 is 1.08 bits per heavy atom. The third-order valence-electron chi connectivity index (χ3n) is 3.82. The molecular formula is C19H25BrNO3P. The van der Waals surface area contributed by atoms with Crippen molar-refractivity contribution in [3.63, 3.8) is 0 Å². The van der Waals surface area contributed by atoms with Crippen LogP contribution in [0.3, 0.4) is 0 Å². The Kier molecular flexibility index (Phi) is 6.86. The highest BCUT2D eigenvalue weighted by Gasteiger charge is 2.36. The van der Waals surface area contributed by atoms with Gasteiger partial charge in [-0.2, -0.15) is 0 Å². The van der Waals surface area contributed by atoms with Gasteiger partial charge in [-0.05, 0) is 47.9 Å². The molecule has 0 aliphatic heterocycles. The highest BCUT2D eigenvalue weighted by molar-refractivity contribution is 9.10. The van der Waals surface area contributed by atoms with Crippen molar-refractivity contribution in [3.05, 3.63) is 58.6 Å². The summed E-state index contributed by atoms with van der Waals surface area (Å²) in [6, 6.07) is 14.5. The number of halogens is 1. The Morgan fingerprint density at radius 3 is 2.12 bits per heavy atom. The topological polar surface area (TPSA) is 49.8 Å². The number of hydrogen-bond acceptors (Lipinski definition) is 4. The first kappa shape index (κ1) is 20.2. The lowest BCUT2D eigenvalue weighted by Gasteiger charge is -2.26. The second-order valence-electron chi connectivity index (χ2n) is 6.62. The first-order chi connectivity index (χ1) is 11.7. The van der Waals surface area contributed by atoms with Crippen LogP contribution in [0, 0.1) is 5.92 Å². The molecule has 0 saturated carbocycles. The highest BCUT2D eigenvalue weighted by Crippen LogP contribution is 2.58. The number of aliphatic hydroxyl groups is 1. The molecule has 6 heteroatoms. The normalized spacial score (nSPS) is 15.0. The second-order valence-corrected chi connectivity index (χ2v) is 10.00. The Balaban J connectivity index is 2.42. The fourth-order valence-corrected chi connectivity index (χ4v) is 4.82. The van der Waals surface area contributed by atoms with Crippen molar-refractivity contribution in [1.29, 1.82) is 0 Å². The van der Waals surface area contributed by atoms with Crippen molar-refractivity contribution < 1.29 is 14.2 Å². The minimum Gasteiger partial charge on any atom is -0.378 e. The van der Waals surface area contributed by atoms with Crippen LogP contribution in [0.1, 0.15) is 25.3 Å². The van der Waals surface area contributed by atoms with Crippen LogP contribution in [-0.2, 0) is 9.09 Å². The predicted octanol–water partition coefficient (Wildman–Crippen LogP) is 4.78. The van der Waals surface area contributed by atoms with Gasteiger partial charge in [-0.1, -0.05) is 41.9 Å². The average Bonchev–Trinajstić information content (AvgIpc) is 2.59. The van der Waals surface area contributed by atoms with E-state index >= 15 is 0 Å². The number of anilines is 1. The first-order valence-corrected chi connectivity index (χ1v) is 10.7. The van der Waals surface area contributed by atoms with E-state index in [2.05, 4.69) is 15.9 Å². The molecule has 0 heterocycles. The van der Waals surface area contributed by atoms with E-state index in [-0.39, 0.29) is 5.92 Å². The summed E-state index contributed by atoms with van der Waals surface area (Å²) < 4.78 is 20.4. The summed E-state index contributed by atoms with van der Waals surface area (Å²) in [6.45, 7) is 4.30. The molecule has 1 N–H and O–H groups in total. The molecule has 0 saturated heterocycles. The molecule has 0 aliphatic carbocycles. The molecule has 0 aromatic heterocycles. The molecule has 25 heavy (non-hydrogen) atoms. The first-order valence-electron chi connectivity index (χ1n) is 8.20. The van der Waals surface area contributed by atoms with Gasteiger partial charge in [-0.3, -0.25) is 4.57 Å². The van der Waals surface area contributed by atoms with Crippen LogP contribution >= 0.6 is 23.3 Å². The zero-order chi connectivity index (χ0) is 18.6. The molecule has 2 aromatic carbocycles. The summed E-state index contributed by atoms with van der Waals surface area (Å²) in [5, 5.41) is 11.4. The van der Waals surface area contributed by atoms with E-state index in [0.717, 1.165) is 10.2 Å². The van der Waals surface area contributed by atoms with Crippen LogP contribution in [0.2, 0.25) is 0 Å². The third-order valence-corrected chi connectivity index (χ3v) is 6.84. The lowest BCUT2D eigenvalue weighted by Crippen LogP contribution is -2.17. The van der Waals surface area contributed by atoms with Crippen molar-refractivity contribution >= 4 is 34.3 Å². The molecule has 2 atom stereocenters. The number of benzene rings is 2. The smallest absolute Gasteiger partial charge is 0.264 e. The van der Waals surface area contributed by atoms with Crippen molar-refractivity contribution in [3.8, 4) is 0 Å². The zero-order valence-corrected chi connectivity index (χ0v) is 17.5. The summed E-state index contributed by atoms with van der Waals surface area (Å²) in [4.78, 5) is 1.97. The van der Waals surface area contributed by atoms with E-state index < -0.39 is 13.2 Å². The van der Waals surface area contributed by atoms with E-state index in [1.165, 1.54) is 0 Å². The molecule has 0 amide bonds. The molecule has 2 aromatic rings. The van der Waals surface area contributed by atoms with Gasteiger partial charge in [0.2, 0.25) is 0 Å². The summed E-state index contributed by atoms with van der Waals surface area (Å²) in [7, 11) is 0.408. The Bertz CT molecular complexity index is 729. The minimum atomic E-state index is -3.48. The van der Waals surface area contributed by atoms with Gasteiger partial charge in [0.1, 0.15) is 0 Å². The van der Waals surface area contributed by atoms with Crippen molar-refractivity contribution in [1.82, 2.24) is 0 Å². The van der Waals surface area contributed by atoms with Crippen LogP contribution < -0.4 is 10.2 Å². The molecule has 0 spiro atoms. The monoisotopic (exact) mass is 425 g/mol.